The van der Waals surface area contributed by atoms with Crippen molar-refractivity contribution in [1.82, 2.24) is 5.32 Å². The number of carbonyl (C=O) groups is 2. The van der Waals surface area contributed by atoms with E-state index in [1.54, 1.807) is 0 Å². The van der Waals surface area contributed by atoms with Crippen molar-refractivity contribution in [3.05, 3.63) is 34.9 Å². The molecule has 1 amide bonds. The van der Waals surface area contributed by atoms with E-state index in [0.29, 0.717) is 18.4 Å². The number of hydrogen-bond donors (Lipinski definition) is 2. The molecule has 4 heteroatoms. The van der Waals surface area contributed by atoms with Crippen LogP contribution in [0.1, 0.15) is 34.3 Å². The largest absolute Gasteiger partial charge is 0.481 e. The molecule has 4 nitrogen and oxygen atoms in total. The molecule has 18 heavy (non-hydrogen) atoms. The zero-order valence-corrected chi connectivity index (χ0v) is 10.6. The number of carbonyl (C=O) groups excluding carboxylic acids is 1. The molecule has 1 aliphatic rings. The number of carboxylic acids is 1. The van der Waals surface area contributed by atoms with Crippen molar-refractivity contribution in [2.24, 2.45) is 5.92 Å². The smallest absolute Gasteiger partial charge is 0.306 e. The highest BCUT2D eigenvalue weighted by atomic mass is 16.4. The number of rotatable bonds is 3. The van der Waals surface area contributed by atoms with Gasteiger partial charge in [-0.25, -0.2) is 0 Å². The lowest BCUT2D eigenvalue weighted by Gasteiger charge is -2.33. The third kappa shape index (κ3) is 2.53. The van der Waals surface area contributed by atoms with Gasteiger partial charge in [-0.2, -0.15) is 0 Å². The van der Waals surface area contributed by atoms with Gasteiger partial charge in [-0.1, -0.05) is 17.7 Å². The van der Waals surface area contributed by atoms with Crippen molar-refractivity contribution in [2.75, 3.05) is 0 Å². The van der Waals surface area contributed by atoms with Gasteiger partial charge in [0.25, 0.3) is 5.91 Å². The molecule has 1 aromatic carbocycles. The fourth-order valence-electron chi connectivity index (χ4n) is 2.18. The minimum Gasteiger partial charge on any atom is -0.481 e. The molecule has 0 spiro atoms. The first-order valence-corrected chi connectivity index (χ1v) is 6.08. The van der Waals surface area contributed by atoms with E-state index < -0.39 is 5.97 Å². The summed E-state index contributed by atoms with van der Waals surface area (Å²) in [5.41, 5.74) is 2.66. The molecule has 0 aromatic heterocycles. The van der Waals surface area contributed by atoms with Crippen LogP contribution in [0.15, 0.2) is 18.2 Å². The Bertz CT molecular complexity index is 490. The van der Waals surface area contributed by atoms with Crippen LogP contribution < -0.4 is 5.32 Å². The van der Waals surface area contributed by atoms with Gasteiger partial charge in [0.15, 0.2) is 0 Å². The molecular weight excluding hydrogens is 230 g/mol. The molecule has 0 atom stereocenters. The topological polar surface area (TPSA) is 66.4 Å². The van der Waals surface area contributed by atoms with Crippen LogP contribution in [0.4, 0.5) is 0 Å². The fraction of sp³-hybridized carbons (Fsp3) is 0.429. The van der Waals surface area contributed by atoms with Gasteiger partial charge < -0.3 is 10.4 Å². The van der Waals surface area contributed by atoms with Crippen LogP contribution in [-0.4, -0.2) is 23.0 Å². The number of amides is 1. The molecule has 1 aliphatic carbocycles. The fourth-order valence-corrected chi connectivity index (χ4v) is 2.18. The second kappa shape index (κ2) is 4.80. The number of aliphatic carboxylic acids is 1. The van der Waals surface area contributed by atoms with Gasteiger partial charge in [-0.3, -0.25) is 9.59 Å². The van der Waals surface area contributed by atoms with Gasteiger partial charge in [0.2, 0.25) is 0 Å². The maximum atomic E-state index is 12.0. The highest BCUT2D eigenvalue weighted by Crippen LogP contribution is 2.27. The predicted molar refractivity (Wildman–Crippen MR) is 67.5 cm³/mol. The SMILES string of the molecule is Cc1ccc(C)c(C(=O)NC2CC(C(=O)O)C2)c1. The number of hydrogen-bond acceptors (Lipinski definition) is 2. The van der Waals surface area contributed by atoms with E-state index in [-0.39, 0.29) is 17.9 Å². The summed E-state index contributed by atoms with van der Waals surface area (Å²) in [6.45, 7) is 3.84. The molecular formula is C14H17NO3. The predicted octanol–water partition coefficient (Wildman–Crippen LogP) is 1.90. The summed E-state index contributed by atoms with van der Waals surface area (Å²) in [5, 5.41) is 11.7. The van der Waals surface area contributed by atoms with Gasteiger partial charge in [0, 0.05) is 11.6 Å². The lowest BCUT2D eigenvalue weighted by Crippen LogP contribution is -2.46. The van der Waals surface area contributed by atoms with Crippen molar-refractivity contribution < 1.29 is 14.7 Å². The highest BCUT2D eigenvalue weighted by Gasteiger charge is 2.35. The molecule has 0 saturated heterocycles. The summed E-state index contributed by atoms with van der Waals surface area (Å²) < 4.78 is 0. The lowest BCUT2D eigenvalue weighted by molar-refractivity contribution is -0.145. The molecule has 0 radical (unpaired) electrons. The molecule has 2 N–H and O–H groups in total. The third-order valence-corrected chi connectivity index (χ3v) is 3.46. The van der Waals surface area contributed by atoms with Crippen molar-refractivity contribution in [3.63, 3.8) is 0 Å². The Kier molecular flexibility index (Phi) is 3.36. The summed E-state index contributed by atoms with van der Waals surface area (Å²) in [7, 11) is 0. The van der Waals surface area contributed by atoms with Crippen molar-refractivity contribution in [2.45, 2.75) is 32.7 Å². The zero-order valence-electron chi connectivity index (χ0n) is 10.6. The molecule has 0 bridgehead atoms. The minimum atomic E-state index is -0.771. The summed E-state index contributed by atoms with van der Waals surface area (Å²) in [4.78, 5) is 22.7. The van der Waals surface area contributed by atoms with Crippen LogP contribution in [0.5, 0.6) is 0 Å². The van der Waals surface area contributed by atoms with E-state index in [2.05, 4.69) is 5.32 Å². The first-order chi connectivity index (χ1) is 8.47. The first-order valence-electron chi connectivity index (χ1n) is 6.08. The normalized spacial score (nSPS) is 22.1. The number of carboxylic acid groups (broad SMARTS) is 1. The zero-order chi connectivity index (χ0) is 13.3. The second-order valence-corrected chi connectivity index (χ2v) is 5.00. The standard InChI is InChI=1S/C14H17NO3/c1-8-3-4-9(2)12(5-8)13(16)15-11-6-10(7-11)14(17)18/h3-5,10-11H,6-7H2,1-2H3,(H,15,16)(H,17,18). The Balaban J connectivity index is 1.97. The molecule has 2 rings (SSSR count). The van der Waals surface area contributed by atoms with E-state index in [1.807, 2.05) is 32.0 Å². The highest BCUT2D eigenvalue weighted by molar-refractivity contribution is 5.96. The van der Waals surface area contributed by atoms with E-state index in [1.165, 1.54) is 0 Å². The summed E-state index contributed by atoms with van der Waals surface area (Å²) in [5.74, 6) is -1.17. The average Bonchev–Trinajstić information content (AvgIpc) is 2.25. The van der Waals surface area contributed by atoms with Crippen LogP contribution in [0.3, 0.4) is 0 Å². The van der Waals surface area contributed by atoms with Crippen LogP contribution in [0, 0.1) is 19.8 Å². The number of benzene rings is 1. The summed E-state index contributed by atoms with van der Waals surface area (Å²) in [6.07, 6.45) is 1.07. The van der Waals surface area contributed by atoms with Crippen molar-refractivity contribution in [3.8, 4) is 0 Å². The monoisotopic (exact) mass is 247 g/mol. The minimum absolute atomic E-state index is 0.00138. The Labute approximate surface area is 106 Å². The van der Waals surface area contributed by atoms with Gasteiger partial charge >= 0.3 is 5.97 Å². The van der Waals surface area contributed by atoms with Crippen molar-refractivity contribution in [1.29, 1.82) is 0 Å². The molecule has 0 heterocycles. The average molecular weight is 247 g/mol. The summed E-state index contributed by atoms with van der Waals surface area (Å²) >= 11 is 0. The van der Waals surface area contributed by atoms with Crippen LogP contribution in [-0.2, 0) is 4.79 Å². The van der Waals surface area contributed by atoms with Crippen LogP contribution in [0.2, 0.25) is 0 Å². The van der Waals surface area contributed by atoms with Crippen LogP contribution in [0.25, 0.3) is 0 Å². The Morgan fingerprint density at radius 3 is 2.56 bits per heavy atom. The third-order valence-electron chi connectivity index (χ3n) is 3.46. The Morgan fingerprint density at radius 1 is 1.28 bits per heavy atom. The molecule has 0 aliphatic heterocycles. The molecule has 0 unspecified atom stereocenters. The van der Waals surface area contributed by atoms with Gasteiger partial charge in [0.05, 0.1) is 5.92 Å². The molecule has 1 saturated carbocycles. The van der Waals surface area contributed by atoms with Crippen LogP contribution >= 0.6 is 0 Å². The van der Waals surface area contributed by atoms with Gasteiger partial charge in [-0.15, -0.1) is 0 Å². The molecule has 96 valence electrons. The van der Waals surface area contributed by atoms with E-state index in [9.17, 15) is 9.59 Å². The van der Waals surface area contributed by atoms with E-state index >= 15 is 0 Å². The molecule has 1 aromatic rings. The quantitative estimate of drug-likeness (QED) is 0.857. The van der Waals surface area contributed by atoms with Gasteiger partial charge in [-0.05, 0) is 38.3 Å². The summed E-state index contributed by atoms with van der Waals surface area (Å²) in [6, 6.07) is 5.75. The Hall–Kier alpha value is -1.84. The lowest BCUT2D eigenvalue weighted by atomic mass is 9.80. The Morgan fingerprint density at radius 2 is 1.94 bits per heavy atom. The van der Waals surface area contributed by atoms with E-state index in [4.69, 9.17) is 5.11 Å². The second-order valence-electron chi connectivity index (χ2n) is 5.00. The van der Waals surface area contributed by atoms with Gasteiger partial charge in [0.1, 0.15) is 0 Å². The van der Waals surface area contributed by atoms with E-state index in [0.717, 1.165) is 11.1 Å². The first kappa shape index (κ1) is 12.6. The number of aryl methyl sites for hydroxylation is 2. The maximum absolute atomic E-state index is 12.0. The maximum Gasteiger partial charge on any atom is 0.306 e. The molecule has 1 fully saturated rings. The van der Waals surface area contributed by atoms with Crippen molar-refractivity contribution >= 4 is 11.9 Å². The number of nitrogens with one attached hydrogen (secondary N) is 1.